The van der Waals surface area contributed by atoms with Gasteiger partial charge >= 0.3 is 0 Å². The Hall–Kier alpha value is -2.21. The van der Waals surface area contributed by atoms with Crippen molar-refractivity contribution in [2.75, 3.05) is 13.1 Å². The highest BCUT2D eigenvalue weighted by molar-refractivity contribution is 6.22. The first-order valence-corrected chi connectivity index (χ1v) is 7.56. The van der Waals surface area contributed by atoms with Crippen molar-refractivity contribution in [3.05, 3.63) is 34.9 Å². The molecule has 0 aliphatic carbocycles. The molecule has 1 N–H and O–H groups in total. The van der Waals surface area contributed by atoms with E-state index in [2.05, 4.69) is 0 Å². The summed E-state index contributed by atoms with van der Waals surface area (Å²) in [6.07, 6.45) is 0. The Kier molecular flexibility index (Phi) is 3.17. The number of nitrogens with zero attached hydrogens (tertiary/aromatic N) is 2. The fraction of sp³-hybridized carbons (Fsp3) is 0.471. The molecule has 1 saturated heterocycles. The van der Waals surface area contributed by atoms with Crippen molar-refractivity contribution < 1.29 is 19.5 Å². The van der Waals surface area contributed by atoms with Crippen LogP contribution >= 0.6 is 0 Å². The average molecular weight is 316 g/mol. The van der Waals surface area contributed by atoms with Gasteiger partial charge in [0.1, 0.15) is 0 Å². The van der Waals surface area contributed by atoms with Crippen molar-refractivity contribution in [3.63, 3.8) is 0 Å². The predicted octanol–water partition coefficient (Wildman–Crippen LogP) is 1.29. The first-order valence-electron chi connectivity index (χ1n) is 7.56. The third kappa shape index (κ3) is 2.43. The molecule has 0 saturated carbocycles. The standard InChI is InChI=1S/C17H20N2O4/c1-16(2,3)19-14(21)11-6-5-10(7-12(11)15(19)22)13(20)18-8-17(4,23)9-18/h5-7,23H,8-9H2,1-4H3. The summed E-state index contributed by atoms with van der Waals surface area (Å²) in [5.41, 5.74) is -0.509. The molecule has 0 unspecified atom stereocenters. The van der Waals surface area contributed by atoms with Gasteiger partial charge in [-0.1, -0.05) is 0 Å². The fourth-order valence-electron chi connectivity index (χ4n) is 3.09. The van der Waals surface area contributed by atoms with Crippen molar-refractivity contribution in [1.29, 1.82) is 0 Å². The summed E-state index contributed by atoms with van der Waals surface area (Å²) in [7, 11) is 0. The summed E-state index contributed by atoms with van der Waals surface area (Å²) < 4.78 is 0. The van der Waals surface area contributed by atoms with E-state index in [1.165, 1.54) is 21.9 Å². The molecule has 1 aromatic rings. The van der Waals surface area contributed by atoms with Gasteiger partial charge in [-0.15, -0.1) is 0 Å². The van der Waals surface area contributed by atoms with Gasteiger partial charge in [0, 0.05) is 11.1 Å². The van der Waals surface area contributed by atoms with E-state index in [0.29, 0.717) is 11.1 Å². The Balaban J connectivity index is 1.91. The first-order chi connectivity index (χ1) is 10.5. The van der Waals surface area contributed by atoms with E-state index in [1.807, 2.05) is 0 Å². The van der Waals surface area contributed by atoms with Gasteiger partial charge in [-0.2, -0.15) is 0 Å². The zero-order chi connectivity index (χ0) is 17.2. The van der Waals surface area contributed by atoms with Crippen LogP contribution in [0, 0.1) is 0 Å². The lowest BCUT2D eigenvalue weighted by Crippen LogP contribution is -2.61. The Bertz CT molecular complexity index is 723. The third-order valence-electron chi connectivity index (χ3n) is 4.15. The molecular formula is C17H20N2O4. The van der Waals surface area contributed by atoms with Crippen LogP contribution in [0.3, 0.4) is 0 Å². The van der Waals surface area contributed by atoms with E-state index in [4.69, 9.17) is 0 Å². The number of β-amino-alcohol motifs (C(OH)–C–C–N with tert-alkyl or cyclic N) is 1. The van der Waals surface area contributed by atoms with Crippen LogP contribution in [-0.4, -0.2) is 56.9 Å². The minimum absolute atomic E-state index is 0.242. The normalized spacial score (nSPS) is 19.7. The number of hydrogen-bond acceptors (Lipinski definition) is 4. The number of likely N-dealkylation sites (tertiary alicyclic amines) is 1. The average Bonchev–Trinajstić information content (AvgIpc) is 2.66. The first kappa shape index (κ1) is 15.7. The Morgan fingerprint density at radius 2 is 1.70 bits per heavy atom. The molecule has 1 fully saturated rings. The van der Waals surface area contributed by atoms with Crippen molar-refractivity contribution in [1.82, 2.24) is 9.80 Å². The second-order valence-electron chi connectivity index (χ2n) is 7.54. The molecule has 3 rings (SSSR count). The summed E-state index contributed by atoms with van der Waals surface area (Å²) in [5, 5.41) is 9.74. The van der Waals surface area contributed by atoms with E-state index in [-0.39, 0.29) is 36.4 Å². The molecule has 0 spiro atoms. The molecule has 2 aliphatic heterocycles. The quantitative estimate of drug-likeness (QED) is 0.792. The molecule has 0 radical (unpaired) electrons. The molecule has 0 aromatic heterocycles. The molecule has 2 aliphatic rings. The minimum Gasteiger partial charge on any atom is -0.386 e. The van der Waals surface area contributed by atoms with Gasteiger partial charge < -0.3 is 10.0 Å². The molecule has 6 nitrogen and oxygen atoms in total. The van der Waals surface area contributed by atoms with Gasteiger partial charge in [-0.25, -0.2) is 0 Å². The lowest BCUT2D eigenvalue weighted by Gasteiger charge is -2.44. The number of amides is 3. The van der Waals surface area contributed by atoms with Crippen LogP contribution in [0.5, 0.6) is 0 Å². The van der Waals surface area contributed by atoms with Crippen molar-refractivity contribution in [2.24, 2.45) is 0 Å². The molecule has 0 bridgehead atoms. The lowest BCUT2D eigenvalue weighted by atomic mass is 9.95. The molecule has 23 heavy (non-hydrogen) atoms. The molecular weight excluding hydrogens is 296 g/mol. The molecule has 3 amide bonds. The number of imide groups is 1. The highest BCUT2D eigenvalue weighted by atomic mass is 16.3. The maximum atomic E-state index is 12.5. The summed E-state index contributed by atoms with van der Waals surface area (Å²) in [5.74, 6) is -0.945. The maximum Gasteiger partial charge on any atom is 0.262 e. The second kappa shape index (κ2) is 4.64. The number of carbonyl (C=O) groups is 3. The van der Waals surface area contributed by atoms with E-state index in [1.54, 1.807) is 33.8 Å². The number of carbonyl (C=O) groups excluding carboxylic acids is 3. The highest BCUT2D eigenvalue weighted by Gasteiger charge is 2.43. The Morgan fingerprint density at radius 1 is 1.13 bits per heavy atom. The van der Waals surface area contributed by atoms with Gasteiger partial charge in [0.05, 0.1) is 29.8 Å². The predicted molar refractivity (Wildman–Crippen MR) is 83.2 cm³/mol. The number of rotatable bonds is 1. The van der Waals surface area contributed by atoms with Crippen LogP contribution in [0.1, 0.15) is 58.8 Å². The van der Waals surface area contributed by atoms with Gasteiger partial charge in [0.2, 0.25) is 0 Å². The van der Waals surface area contributed by atoms with Crippen LogP contribution in [0.4, 0.5) is 0 Å². The fourth-order valence-corrected chi connectivity index (χ4v) is 3.09. The summed E-state index contributed by atoms with van der Waals surface area (Å²) in [6.45, 7) is 7.59. The van der Waals surface area contributed by atoms with Gasteiger partial charge in [0.15, 0.2) is 0 Å². The van der Waals surface area contributed by atoms with Crippen molar-refractivity contribution in [3.8, 4) is 0 Å². The number of benzene rings is 1. The SMILES string of the molecule is CC1(O)CN(C(=O)c2ccc3c(c2)C(=O)N(C(C)(C)C)C3=O)C1. The van der Waals surface area contributed by atoms with E-state index in [0.717, 1.165) is 0 Å². The number of aliphatic hydroxyl groups is 1. The van der Waals surface area contributed by atoms with Crippen LogP contribution in [0.2, 0.25) is 0 Å². The summed E-state index contributed by atoms with van der Waals surface area (Å²) in [6, 6.07) is 4.58. The van der Waals surface area contributed by atoms with Crippen molar-refractivity contribution in [2.45, 2.75) is 38.8 Å². The zero-order valence-corrected chi connectivity index (χ0v) is 13.7. The Morgan fingerprint density at radius 3 is 2.22 bits per heavy atom. The van der Waals surface area contributed by atoms with Crippen LogP contribution in [0.25, 0.3) is 0 Å². The Labute approximate surface area is 134 Å². The molecule has 0 atom stereocenters. The van der Waals surface area contributed by atoms with E-state index < -0.39 is 11.1 Å². The van der Waals surface area contributed by atoms with Crippen LogP contribution in [-0.2, 0) is 0 Å². The maximum absolute atomic E-state index is 12.5. The van der Waals surface area contributed by atoms with Crippen LogP contribution in [0.15, 0.2) is 18.2 Å². The molecule has 122 valence electrons. The number of hydrogen-bond donors (Lipinski definition) is 1. The lowest BCUT2D eigenvalue weighted by molar-refractivity contribution is -0.0668. The van der Waals surface area contributed by atoms with Gasteiger partial charge in [-0.05, 0) is 45.9 Å². The third-order valence-corrected chi connectivity index (χ3v) is 4.15. The topological polar surface area (TPSA) is 77.9 Å². The molecule has 2 heterocycles. The van der Waals surface area contributed by atoms with Crippen LogP contribution < -0.4 is 0 Å². The van der Waals surface area contributed by atoms with Crippen molar-refractivity contribution >= 4 is 17.7 Å². The minimum atomic E-state index is -0.846. The zero-order valence-electron chi connectivity index (χ0n) is 13.7. The number of fused-ring (bicyclic) bond motifs is 1. The smallest absolute Gasteiger partial charge is 0.262 e. The summed E-state index contributed by atoms with van der Waals surface area (Å²) in [4.78, 5) is 40.1. The van der Waals surface area contributed by atoms with E-state index in [9.17, 15) is 19.5 Å². The summed E-state index contributed by atoms with van der Waals surface area (Å²) >= 11 is 0. The van der Waals surface area contributed by atoms with E-state index >= 15 is 0 Å². The monoisotopic (exact) mass is 316 g/mol. The van der Waals surface area contributed by atoms with Gasteiger partial charge in [-0.3, -0.25) is 19.3 Å². The largest absolute Gasteiger partial charge is 0.386 e. The molecule has 1 aromatic carbocycles. The highest BCUT2D eigenvalue weighted by Crippen LogP contribution is 2.31. The molecule has 6 heteroatoms. The second-order valence-corrected chi connectivity index (χ2v) is 7.54. The van der Waals surface area contributed by atoms with Gasteiger partial charge in [0.25, 0.3) is 17.7 Å².